The number of nitrogens with zero attached hydrogens (tertiary/aromatic N) is 5. The van der Waals surface area contributed by atoms with Gasteiger partial charge in [-0.25, -0.2) is 4.98 Å². The van der Waals surface area contributed by atoms with Crippen LogP contribution in [0, 0.1) is 13.8 Å². The van der Waals surface area contributed by atoms with Gasteiger partial charge in [-0.2, -0.15) is 9.78 Å². The van der Waals surface area contributed by atoms with Crippen molar-refractivity contribution in [3.05, 3.63) is 88.0 Å². The zero-order valence-electron chi connectivity index (χ0n) is 18.5. The first-order chi connectivity index (χ1) is 15.6. The smallest absolute Gasteiger partial charge is 0.282 e. The van der Waals surface area contributed by atoms with Crippen LogP contribution < -0.4 is 5.56 Å². The maximum Gasteiger partial charge on any atom is 0.282 e. The molecule has 3 heterocycles. The van der Waals surface area contributed by atoms with Gasteiger partial charge in [0.15, 0.2) is 0 Å². The Labute approximate surface area is 187 Å². The summed E-state index contributed by atoms with van der Waals surface area (Å²) in [5.41, 5.74) is 4.86. The summed E-state index contributed by atoms with van der Waals surface area (Å²) < 4.78 is 3.71. The molecule has 1 fully saturated rings. The third kappa shape index (κ3) is 3.66. The molecule has 1 aliphatic rings. The lowest BCUT2D eigenvalue weighted by Crippen LogP contribution is -2.25. The zero-order valence-corrected chi connectivity index (χ0v) is 18.5. The third-order valence-electron chi connectivity index (χ3n) is 6.45. The molecule has 1 aromatic carbocycles. The first-order valence-corrected chi connectivity index (χ1v) is 11.3. The van der Waals surface area contributed by atoms with Gasteiger partial charge in [-0.05, 0) is 57.0 Å². The van der Waals surface area contributed by atoms with Crippen LogP contribution in [0.1, 0.15) is 60.8 Å². The van der Waals surface area contributed by atoms with Crippen molar-refractivity contribution >= 4 is 17.1 Å². The van der Waals surface area contributed by atoms with E-state index in [2.05, 4.69) is 29.5 Å². The fourth-order valence-corrected chi connectivity index (χ4v) is 4.81. The predicted octanol–water partition coefficient (Wildman–Crippen LogP) is 5.13. The van der Waals surface area contributed by atoms with Crippen molar-refractivity contribution in [2.75, 3.05) is 0 Å². The highest BCUT2D eigenvalue weighted by atomic mass is 16.1. The van der Waals surface area contributed by atoms with Crippen molar-refractivity contribution in [1.82, 2.24) is 19.2 Å². The molecule has 6 heteroatoms. The Morgan fingerprint density at radius 2 is 1.78 bits per heavy atom. The van der Waals surface area contributed by atoms with E-state index < -0.39 is 0 Å². The van der Waals surface area contributed by atoms with Gasteiger partial charge in [0, 0.05) is 41.0 Å². The summed E-state index contributed by atoms with van der Waals surface area (Å²) in [5.74, 6) is 1.05. The van der Waals surface area contributed by atoms with Crippen LogP contribution in [0.2, 0.25) is 0 Å². The molecule has 3 aromatic heterocycles. The van der Waals surface area contributed by atoms with E-state index in [-0.39, 0.29) is 11.5 Å². The second-order valence-corrected chi connectivity index (χ2v) is 8.55. The zero-order chi connectivity index (χ0) is 22.1. The Morgan fingerprint density at radius 1 is 1.03 bits per heavy atom. The molecule has 5 rings (SSSR count). The van der Waals surface area contributed by atoms with E-state index in [0.29, 0.717) is 5.39 Å². The molecule has 0 N–H and O–H groups in total. The van der Waals surface area contributed by atoms with Gasteiger partial charge < -0.3 is 4.57 Å². The topological polar surface area (TPSA) is 65.1 Å². The van der Waals surface area contributed by atoms with Crippen LogP contribution in [0.25, 0.3) is 16.6 Å². The second-order valence-electron chi connectivity index (χ2n) is 8.55. The Kier molecular flexibility index (Phi) is 5.43. The molecule has 1 aliphatic carbocycles. The molecule has 0 unspecified atom stereocenters. The molecule has 162 valence electrons. The van der Waals surface area contributed by atoms with Crippen molar-refractivity contribution in [2.24, 2.45) is 5.10 Å². The molecule has 6 nitrogen and oxygen atoms in total. The van der Waals surface area contributed by atoms with E-state index in [1.165, 1.54) is 23.9 Å². The lowest BCUT2D eigenvalue weighted by molar-refractivity contribution is 0.416. The average Bonchev–Trinajstić information content (AvgIpc) is 3.12. The number of pyridine rings is 1. The van der Waals surface area contributed by atoms with Gasteiger partial charge in [0.2, 0.25) is 0 Å². The van der Waals surface area contributed by atoms with Crippen LogP contribution in [0.15, 0.2) is 64.8 Å². The van der Waals surface area contributed by atoms with Crippen molar-refractivity contribution in [3.8, 4) is 5.69 Å². The fourth-order valence-electron chi connectivity index (χ4n) is 4.81. The first kappa shape index (κ1) is 20.4. The number of hydrogen-bond acceptors (Lipinski definition) is 4. The summed E-state index contributed by atoms with van der Waals surface area (Å²) in [7, 11) is 0. The highest BCUT2D eigenvalue weighted by Gasteiger charge is 2.22. The summed E-state index contributed by atoms with van der Waals surface area (Å²) in [6, 6.07) is 13.6. The van der Waals surface area contributed by atoms with Crippen molar-refractivity contribution in [1.29, 1.82) is 0 Å². The van der Waals surface area contributed by atoms with Crippen molar-refractivity contribution < 1.29 is 0 Å². The summed E-state index contributed by atoms with van der Waals surface area (Å²) in [6.45, 7) is 4.14. The molecule has 0 amide bonds. The monoisotopic (exact) mass is 425 g/mol. The molecular formula is C26H27N5O. The molecular weight excluding hydrogens is 398 g/mol. The minimum Gasteiger partial charge on any atom is -0.318 e. The lowest BCUT2D eigenvalue weighted by Gasteiger charge is -2.22. The van der Waals surface area contributed by atoms with Crippen LogP contribution in [0.5, 0.6) is 0 Å². The Hall–Kier alpha value is -3.54. The fraction of sp³-hybridized carbons (Fsp3) is 0.308. The number of benzene rings is 1. The minimum atomic E-state index is -0.102. The van der Waals surface area contributed by atoms with E-state index in [1.807, 2.05) is 36.4 Å². The van der Waals surface area contributed by atoms with Gasteiger partial charge >= 0.3 is 0 Å². The number of aromatic nitrogens is 4. The molecule has 0 aliphatic heterocycles. The second kappa shape index (κ2) is 8.54. The Bertz CT molecular complexity index is 1340. The lowest BCUT2D eigenvalue weighted by atomic mass is 9.88. The highest BCUT2D eigenvalue weighted by Crippen LogP contribution is 2.31. The number of fused-ring (bicyclic) bond motifs is 1. The van der Waals surface area contributed by atoms with E-state index in [4.69, 9.17) is 10.1 Å². The Balaban J connectivity index is 1.61. The van der Waals surface area contributed by atoms with E-state index >= 15 is 0 Å². The predicted molar refractivity (Wildman–Crippen MR) is 128 cm³/mol. The molecule has 0 bridgehead atoms. The molecule has 0 spiro atoms. The maximum absolute atomic E-state index is 13.4. The molecule has 4 aromatic rings. The van der Waals surface area contributed by atoms with E-state index in [1.54, 1.807) is 18.6 Å². The van der Waals surface area contributed by atoms with Gasteiger partial charge in [-0.3, -0.25) is 9.78 Å². The molecule has 32 heavy (non-hydrogen) atoms. The number of para-hydroxylation sites is 1. The van der Waals surface area contributed by atoms with Crippen LogP contribution in [-0.4, -0.2) is 25.4 Å². The molecule has 0 saturated heterocycles. The van der Waals surface area contributed by atoms with Crippen molar-refractivity contribution in [3.63, 3.8) is 0 Å². The van der Waals surface area contributed by atoms with Gasteiger partial charge in [0.25, 0.3) is 5.56 Å². The molecule has 1 saturated carbocycles. The summed E-state index contributed by atoms with van der Waals surface area (Å²) >= 11 is 0. The summed E-state index contributed by atoms with van der Waals surface area (Å²) in [6.07, 6.45) is 11.1. The van der Waals surface area contributed by atoms with Gasteiger partial charge in [0.1, 0.15) is 5.82 Å². The van der Waals surface area contributed by atoms with Crippen molar-refractivity contribution in [2.45, 2.75) is 51.9 Å². The first-order valence-electron chi connectivity index (χ1n) is 11.3. The summed E-state index contributed by atoms with van der Waals surface area (Å²) in [5, 5.41) is 5.30. The number of hydrogen-bond donors (Lipinski definition) is 0. The minimum absolute atomic E-state index is 0.102. The number of rotatable bonds is 4. The quantitative estimate of drug-likeness (QED) is 0.426. The van der Waals surface area contributed by atoms with Gasteiger partial charge in [-0.15, -0.1) is 0 Å². The maximum atomic E-state index is 13.4. The third-order valence-corrected chi connectivity index (χ3v) is 6.45. The van der Waals surface area contributed by atoms with Crippen LogP contribution >= 0.6 is 0 Å². The van der Waals surface area contributed by atoms with E-state index in [0.717, 1.165) is 46.8 Å². The van der Waals surface area contributed by atoms with Crippen LogP contribution in [0.3, 0.4) is 0 Å². The standard InChI is InChI=1S/C26H27N5O/c1-18-16-21(19(2)30(18)22-12-14-27-15-13-22)17-28-31-25(20-8-4-3-5-9-20)29-24-11-7-6-10-23(24)26(31)32/h6-7,10-17,20H,3-5,8-9H2,1-2H3. The van der Waals surface area contributed by atoms with Gasteiger partial charge in [-0.1, -0.05) is 31.4 Å². The number of aryl methyl sites for hydroxylation is 1. The van der Waals surface area contributed by atoms with E-state index in [9.17, 15) is 4.79 Å². The Morgan fingerprint density at radius 3 is 2.56 bits per heavy atom. The van der Waals surface area contributed by atoms with Crippen LogP contribution in [-0.2, 0) is 0 Å². The van der Waals surface area contributed by atoms with Gasteiger partial charge in [0.05, 0.1) is 17.1 Å². The normalized spacial score (nSPS) is 15.1. The average molecular weight is 426 g/mol. The summed E-state index contributed by atoms with van der Waals surface area (Å²) in [4.78, 5) is 22.4. The molecule has 0 atom stereocenters. The highest BCUT2D eigenvalue weighted by molar-refractivity contribution is 5.82. The SMILES string of the molecule is Cc1cc(C=Nn2c(C3CCCCC3)nc3ccccc3c2=O)c(C)n1-c1ccncc1. The molecule has 0 radical (unpaired) electrons. The largest absolute Gasteiger partial charge is 0.318 e. The van der Waals surface area contributed by atoms with Crippen LogP contribution in [0.4, 0.5) is 0 Å².